The average Bonchev–Trinajstić information content (AvgIpc) is 3.19. The van der Waals surface area contributed by atoms with Gasteiger partial charge in [0.2, 0.25) is 5.91 Å². The molecule has 1 aliphatic heterocycles. The molecule has 0 unspecified atom stereocenters. The summed E-state index contributed by atoms with van der Waals surface area (Å²) in [4.78, 5) is 42.5. The molecule has 1 saturated heterocycles. The maximum Gasteiger partial charge on any atom is 0.323 e. The van der Waals surface area contributed by atoms with Crippen LogP contribution in [0.3, 0.4) is 0 Å². The van der Waals surface area contributed by atoms with E-state index in [1.165, 1.54) is 0 Å². The lowest BCUT2D eigenvalue weighted by Gasteiger charge is -2.15. The van der Waals surface area contributed by atoms with Crippen LogP contribution in [0, 0.1) is 0 Å². The summed E-state index contributed by atoms with van der Waals surface area (Å²) in [7, 11) is 0. The molecule has 3 N–H and O–H groups in total. The van der Waals surface area contributed by atoms with Crippen molar-refractivity contribution in [3.63, 3.8) is 0 Å². The number of anilines is 2. The van der Waals surface area contributed by atoms with Gasteiger partial charge in [-0.3, -0.25) is 9.59 Å². The highest BCUT2D eigenvalue weighted by molar-refractivity contribution is 6.05. The zero-order chi connectivity index (χ0) is 17.4. The van der Waals surface area contributed by atoms with Gasteiger partial charge in [0, 0.05) is 29.9 Å². The third-order valence-corrected chi connectivity index (χ3v) is 4.29. The maximum absolute atomic E-state index is 12.4. The first-order chi connectivity index (χ1) is 12.1. The number of nitrogens with zero attached hydrogens (tertiary/aromatic N) is 1. The molecule has 1 aromatic heterocycles. The lowest BCUT2D eigenvalue weighted by Crippen LogP contribution is -2.23. The molecule has 4 rings (SSSR count). The Morgan fingerprint density at radius 3 is 2.48 bits per heavy atom. The highest BCUT2D eigenvalue weighted by Crippen LogP contribution is 2.22. The number of rotatable bonds is 3. The summed E-state index contributed by atoms with van der Waals surface area (Å²) in [6.07, 6.45) is 1.44. The number of aromatic amines is 2. The van der Waals surface area contributed by atoms with Crippen LogP contribution in [-0.4, -0.2) is 28.3 Å². The Balaban J connectivity index is 1.51. The first-order valence-electron chi connectivity index (χ1n) is 8.04. The quantitative estimate of drug-likeness (QED) is 0.684. The van der Waals surface area contributed by atoms with Crippen molar-refractivity contribution in [2.75, 3.05) is 16.8 Å². The second-order valence-corrected chi connectivity index (χ2v) is 5.99. The largest absolute Gasteiger partial charge is 0.323 e. The standard InChI is InChI=1S/C18H16N4O3/c23-16-2-1-9-22(16)13-6-3-11(4-7-13)17(24)19-12-5-8-14-15(10-12)21-18(25)20-14/h3-8,10H,1-2,9H2,(H,19,24)(H2,20,21,25). The number of carbonyl (C=O) groups is 2. The molecule has 3 aromatic rings. The first-order valence-corrected chi connectivity index (χ1v) is 8.04. The Labute approximate surface area is 142 Å². The number of H-pyrrole nitrogens is 2. The molecule has 0 radical (unpaired) electrons. The van der Waals surface area contributed by atoms with E-state index < -0.39 is 0 Å². The fraction of sp³-hybridized carbons (Fsp3) is 0.167. The van der Waals surface area contributed by atoms with Gasteiger partial charge in [0.25, 0.3) is 5.91 Å². The van der Waals surface area contributed by atoms with Crippen molar-refractivity contribution >= 4 is 34.2 Å². The van der Waals surface area contributed by atoms with Crippen molar-refractivity contribution in [1.29, 1.82) is 0 Å². The Bertz CT molecular complexity index is 1020. The van der Waals surface area contributed by atoms with Crippen LogP contribution < -0.4 is 15.9 Å². The van der Waals surface area contributed by atoms with Gasteiger partial charge in [-0.25, -0.2) is 4.79 Å². The van der Waals surface area contributed by atoms with E-state index in [2.05, 4.69) is 15.3 Å². The van der Waals surface area contributed by atoms with Crippen molar-refractivity contribution in [3.8, 4) is 0 Å². The van der Waals surface area contributed by atoms with Crippen molar-refractivity contribution in [2.45, 2.75) is 12.8 Å². The molecule has 1 aliphatic rings. The smallest absolute Gasteiger partial charge is 0.322 e. The SMILES string of the molecule is O=C(Nc1ccc2[nH]c(=O)[nH]c2c1)c1ccc(N2CCCC2=O)cc1. The fourth-order valence-corrected chi connectivity index (χ4v) is 3.03. The summed E-state index contributed by atoms with van der Waals surface area (Å²) in [6, 6.07) is 12.1. The van der Waals surface area contributed by atoms with E-state index in [0.717, 1.165) is 18.7 Å². The van der Waals surface area contributed by atoms with Crippen molar-refractivity contribution < 1.29 is 9.59 Å². The molecule has 0 aliphatic carbocycles. The van der Waals surface area contributed by atoms with Crippen LogP contribution in [0.4, 0.5) is 11.4 Å². The Morgan fingerprint density at radius 2 is 1.76 bits per heavy atom. The Morgan fingerprint density at radius 1 is 1.00 bits per heavy atom. The third kappa shape index (κ3) is 2.91. The van der Waals surface area contributed by atoms with Crippen LogP contribution in [0.15, 0.2) is 47.3 Å². The Hall–Kier alpha value is -3.35. The van der Waals surface area contributed by atoms with Crippen molar-refractivity contribution in [2.24, 2.45) is 0 Å². The number of carbonyl (C=O) groups excluding carboxylic acids is 2. The number of imidazole rings is 1. The number of fused-ring (bicyclic) bond motifs is 1. The monoisotopic (exact) mass is 336 g/mol. The lowest BCUT2D eigenvalue weighted by molar-refractivity contribution is -0.117. The Kier molecular flexibility index (Phi) is 3.61. The first kappa shape index (κ1) is 15.2. The van der Waals surface area contributed by atoms with Gasteiger partial charge in [0.15, 0.2) is 0 Å². The molecule has 0 atom stereocenters. The second-order valence-electron chi connectivity index (χ2n) is 5.99. The molecule has 2 heterocycles. The van der Waals surface area contributed by atoms with Crippen molar-refractivity contribution in [1.82, 2.24) is 9.97 Å². The minimum Gasteiger partial charge on any atom is -0.322 e. The number of hydrogen-bond donors (Lipinski definition) is 3. The van der Waals surface area contributed by atoms with Crippen LogP contribution >= 0.6 is 0 Å². The summed E-state index contributed by atoms with van der Waals surface area (Å²) in [6.45, 7) is 0.721. The zero-order valence-corrected chi connectivity index (χ0v) is 13.3. The molecule has 0 saturated carbocycles. The van der Waals surface area contributed by atoms with E-state index in [1.807, 2.05) is 0 Å². The van der Waals surface area contributed by atoms with Gasteiger partial charge >= 0.3 is 5.69 Å². The molecule has 2 amide bonds. The second kappa shape index (κ2) is 5.94. The molecule has 25 heavy (non-hydrogen) atoms. The van der Waals surface area contributed by atoms with E-state index in [1.54, 1.807) is 47.4 Å². The average molecular weight is 336 g/mol. The number of nitrogens with one attached hydrogen (secondary N) is 3. The van der Waals surface area contributed by atoms with Gasteiger partial charge in [-0.15, -0.1) is 0 Å². The predicted octanol–water partition coefficient (Wildman–Crippen LogP) is 2.24. The summed E-state index contributed by atoms with van der Waals surface area (Å²) in [5, 5.41) is 2.80. The molecule has 126 valence electrons. The number of benzene rings is 2. The summed E-state index contributed by atoms with van der Waals surface area (Å²) in [5.74, 6) is -0.137. The van der Waals surface area contributed by atoms with Crippen molar-refractivity contribution in [3.05, 3.63) is 58.5 Å². The predicted molar refractivity (Wildman–Crippen MR) is 94.9 cm³/mol. The summed E-state index contributed by atoms with van der Waals surface area (Å²) < 4.78 is 0. The van der Waals surface area contributed by atoms with Crippen LogP contribution in [-0.2, 0) is 4.79 Å². The fourth-order valence-electron chi connectivity index (χ4n) is 3.03. The molecule has 7 nitrogen and oxygen atoms in total. The van der Waals surface area contributed by atoms with E-state index in [9.17, 15) is 14.4 Å². The highest BCUT2D eigenvalue weighted by Gasteiger charge is 2.21. The summed E-state index contributed by atoms with van der Waals surface area (Å²) in [5.41, 5.74) is 2.92. The van der Waals surface area contributed by atoms with E-state index >= 15 is 0 Å². The van der Waals surface area contributed by atoms with Gasteiger partial charge in [-0.1, -0.05) is 0 Å². The van der Waals surface area contributed by atoms with E-state index in [-0.39, 0.29) is 17.5 Å². The van der Waals surface area contributed by atoms with Crippen LogP contribution in [0.2, 0.25) is 0 Å². The van der Waals surface area contributed by atoms with E-state index in [0.29, 0.717) is 28.7 Å². The van der Waals surface area contributed by atoms with Gasteiger partial charge in [-0.2, -0.15) is 0 Å². The molecule has 1 fully saturated rings. The number of amides is 2. The lowest BCUT2D eigenvalue weighted by atomic mass is 10.1. The molecular weight excluding hydrogens is 320 g/mol. The third-order valence-electron chi connectivity index (χ3n) is 4.29. The molecule has 7 heteroatoms. The molecule has 0 bridgehead atoms. The minimum atomic E-state index is -0.287. The normalized spacial score (nSPS) is 14.2. The topological polar surface area (TPSA) is 98.1 Å². The number of aromatic nitrogens is 2. The van der Waals surface area contributed by atoms with Gasteiger partial charge < -0.3 is 20.2 Å². The minimum absolute atomic E-state index is 0.117. The summed E-state index contributed by atoms with van der Waals surface area (Å²) >= 11 is 0. The van der Waals surface area contributed by atoms with Gasteiger partial charge in [0.1, 0.15) is 0 Å². The number of hydrogen-bond acceptors (Lipinski definition) is 3. The van der Waals surface area contributed by atoms with E-state index in [4.69, 9.17) is 0 Å². The molecule has 2 aromatic carbocycles. The molecule has 0 spiro atoms. The van der Waals surface area contributed by atoms with Crippen LogP contribution in [0.25, 0.3) is 11.0 Å². The van der Waals surface area contributed by atoms with Crippen LogP contribution in [0.1, 0.15) is 23.2 Å². The van der Waals surface area contributed by atoms with Gasteiger partial charge in [0.05, 0.1) is 11.0 Å². The van der Waals surface area contributed by atoms with Crippen LogP contribution in [0.5, 0.6) is 0 Å². The zero-order valence-electron chi connectivity index (χ0n) is 13.3. The maximum atomic E-state index is 12.4. The van der Waals surface area contributed by atoms with Gasteiger partial charge in [-0.05, 0) is 48.9 Å². The highest BCUT2D eigenvalue weighted by atomic mass is 16.2. The molecular formula is C18H16N4O3.